The van der Waals surface area contributed by atoms with E-state index in [1.54, 1.807) is 4.68 Å². The molecule has 0 unspecified atom stereocenters. The van der Waals surface area contributed by atoms with Crippen molar-refractivity contribution in [3.05, 3.63) is 77.1 Å². The van der Waals surface area contributed by atoms with E-state index in [4.69, 9.17) is 9.15 Å². The topological polar surface area (TPSA) is 92.8 Å². The van der Waals surface area contributed by atoms with Crippen LogP contribution in [0.2, 0.25) is 0 Å². The van der Waals surface area contributed by atoms with Crippen molar-refractivity contribution in [2.24, 2.45) is 0 Å². The molecule has 3 aromatic heterocycles. The number of Topliss-reactive ketones (excluding diaryl/α,β-unsaturated/α-hetero) is 1. The third-order valence-corrected chi connectivity index (χ3v) is 7.91. The largest absolute Gasteiger partial charge is 0.457 e. The molecule has 0 bridgehead atoms. The SMILES string of the molecule is Cc1ccc(CC(=O)c2cc(CN(C)CCN(C)C)c(C(C)(C)C)o2)cc1-n1cc(-c2cncc(N3CCOCC3)c2)nn1. The maximum absolute atomic E-state index is 13.5. The molecule has 0 N–H and O–H groups in total. The Morgan fingerprint density at radius 2 is 1.80 bits per heavy atom. The fourth-order valence-electron chi connectivity index (χ4n) is 5.42. The molecule has 0 radical (unpaired) electrons. The maximum Gasteiger partial charge on any atom is 0.202 e. The van der Waals surface area contributed by atoms with Gasteiger partial charge < -0.3 is 23.9 Å². The second-order valence-electron chi connectivity index (χ2n) is 13.1. The standard InChI is InChI=1S/C34H45N7O3/c1-24-8-9-25(17-31(42)32-19-27(33(44-32)34(2,3)4)22-39(7)11-10-38(5)6)16-30(24)41-23-29(36-37-41)26-18-28(21-35-20-26)40-12-14-43-15-13-40/h8-9,16,18-21,23H,10-15,17,22H2,1-7H3. The number of hydrogen-bond acceptors (Lipinski definition) is 9. The fourth-order valence-corrected chi connectivity index (χ4v) is 5.42. The van der Waals surface area contributed by atoms with E-state index in [9.17, 15) is 4.79 Å². The predicted molar refractivity (Wildman–Crippen MR) is 173 cm³/mol. The first-order valence-corrected chi connectivity index (χ1v) is 15.3. The van der Waals surface area contributed by atoms with Crippen LogP contribution in [0, 0.1) is 6.92 Å². The molecule has 44 heavy (non-hydrogen) atoms. The molecule has 1 fully saturated rings. The van der Waals surface area contributed by atoms with Gasteiger partial charge in [0.1, 0.15) is 11.5 Å². The van der Waals surface area contributed by atoms with Gasteiger partial charge in [-0.2, -0.15) is 0 Å². The molecule has 1 aliphatic rings. The van der Waals surface area contributed by atoms with Crippen LogP contribution in [0.1, 0.15) is 53.8 Å². The number of carbonyl (C=O) groups excluding carboxylic acids is 1. The molecule has 0 saturated carbocycles. The van der Waals surface area contributed by atoms with Crippen molar-refractivity contribution in [1.82, 2.24) is 29.8 Å². The maximum atomic E-state index is 13.5. The van der Waals surface area contributed by atoms with Crippen molar-refractivity contribution >= 4 is 11.5 Å². The first-order valence-electron chi connectivity index (χ1n) is 15.3. The number of hydrogen-bond donors (Lipinski definition) is 0. The summed E-state index contributed by atoms with van der Waals surface area (Å²) >= 11 is 0. The van der Waals surface area contributed by atoms with E-state index in [1.807, 2.05) is 49.8 Å². The zero-order chi connectivity index (χ0) is 31.4. The first kappa shape index (κ1) is 31.6. The van der Waals surface area contributed by atoms with Gasteiger partial charge in [-0.1, -0.05) is 38.1 Å². The summed E-state index contributed by atoms with van der Waals surface area (Å²) in [7, 11) is 6.25. The van der Waals surface area contributed by atoms with Crippen LogP contribution in [0.4, 0.5) is 5.69 Å². The number of carbonyl (C=O) groups is 1. The Kier molecular flexibility index (Phi) is 9.62. The second kappa shape index (κ2) is 13.4. The summed E-state index contributed by atoms with van der Waals surface area (Å²) in [6.07, 6.45) is 5.83. The van der Waals surface area contributed by atoms with Gasteiger partial charge in [0.05, 0.1) is 37.0 Å². The summed E-state index contributed by atoms with van der Waals surface area (Å²) < 4.78 is 13.5. The Hall–Kier alpha value is -3.86. The van der Waals surface area contributed by atoms with E-state index in [1.165, 1.54) is 0 Å². The lowest BCUT2D eigenvalue weighted by molar-refractivity contribution is 0.0963. The number of ketones is 1. The molecule has 10 nitrogen and oxygen atoms in total. The van der Waals surface area contributed by atoms with E-state index < -0.39 is 0 Å². The van der Waals surface area contributed by atoms with Gasteiger partial charge >= 0.3 is 0 Å². The third kappa shape index (κ3) is 7.61. The number of furan rings is 1. The van der Waals surface area contributed by atoms with Gasteiger partial charge in [-0.3, -0.25) is 9.78 Å². The fraction of sp³-hybridized carbons (Fsp3) is 0.471. The van der Waals surface area contributed by atoms with Crippen LogP contribution in [-0.2, 0) is 23.1 Å². The number of morpholine rings is 1. The molecular formula is C34H45N7O3. The van der Waals surface area contributed by atoms with Crippen molar-refractivity contribution in [3.8, 4) is 16.9 Å². The monoisotopic (exact) mass is 599 g/mol. The minimum atomic E-state index is -0.213. The van der Waals surface area contributed by atoms with E-state index in [0.717, 1.165) is 77.8 Å². The van der Waals surface area contributed by atoms with Crippen LogP contribution in [0.25, 0.3) is 16.9 Å². The number of rotatable bonds is 11. The van der Waals surface area contributed by atoms with Gasteiger partial charge in [-0.05, 0) is 57.4 Å². The van der Waals surface area contributed by atoms with Crippen LogP contribution in [0.15, 0.2) is 53.3 Å². The van der Waals surface area contributed by atoms with E-state index in [-0.39, 0.29) is 17.6 Å². The Morgan fingerprint density at radius 1 is 1.02 bits per heavy atom. The van der Waals surface area contributed by atoms with Crippen molar-refractivity contribution in [2.75, 3.05) is 65.4 Å². The number of anilines is 1. The number of benzene rings is 1. The normalized spacial score (nSPS) is 14.2. The van der Waals surface area contributed by atoms with Crippen molar-refractivity contribution in [1.29, 1.82) is 0 Å². The summed E-state index contributed by atoms with van der Waals surface area (Å²) in [4.78, 5) is 24.7. The molecule has 1 aliphatic heterocycles. The summed E-state index contributed by atoms with van der Waals surface area (Å²) in [5, 5.41) is 8.89. The lowest BCUT2D eigenvalue weighted by Gasteiger charge is -2.28. The molecule has 10 heteroatoms. The van der Waals surface area contributed by atoms with E-state index in [0.29, 0.717) is 19.0 Å². The highest BCUT2D eigenvalue weighted by Crippen LogP contribution is 2.31. The zero-order valence-corrected chi connectivity index (χ0v) is 27.1. The van der Waals surface area contributed by atoms with Gasteiger partial charge in [-0.15, -0.1) is 5.10 Å². The van der Waals surface area contributed by atoms with Crippen molar-refractivity contribution in [3.63, 3.8) is 0 Å². The number of ether oxygens (including phenoxy) is 1. The first-order chi connectivity index (χ1) is 21.0. The Labute approximate surface area is 260 Å². The lowest BCUT2D eigenvalue weighted by atomic mass is 9.90. The molecule has 0 amide bonds. The van der Waals surface area contributed by atoms with Gasteiger partial charge in [0.25, 0.3) is 0 Å². The highest BCUT2D eigenvalue weighted by Gasteiger charge is 2.26. The number of nitrogens with zero attached hydrogens (tertiary/aromatic N) is 7. The Bertz CT molecular complexity index is 1580. The van der Waals surface area contributed by atoms with Crippen molar-refractivity contribution in [2.45, 2.75) is 46.1 Å². The number of aromatic nitrogens is 4. The summed E-state index contributed by atoms with van der Waals surface area (Å²) in [5.74, 6) is 1.23. The molecule has 5 rings (SSSR count). The van der Waals surface area contributed by atoms with Crippen LogP contribution < -0.4 is 4.90 Å². The molecule has 0 spiro atoms. The van der Waals surface area contributed by atoms with Gasteiger partial charge in [0, 0.05) is 61.9 Å². The van der Waals surface area contributed by atoms with Crippen LogP contribution in [0.3, 0.4) is 0 Å². The van der Waals surface area contributed by atoms with Crippen LogP contribution in [-0.4, -0.2) is 96.1 Å². The molecule has 4 aromatic rings. The lowest BCUT2D eigenvalue weighted by Crippen LogP contribution is -2.36. The van der Waals surface area contributed by atoms with E-state index in [2.05, 4.69) is 78.0 Å². The highest BCUT2D eigenvalue weighted by atomic mass is 16.5. The quantitative estimate of drug-likeness (QED) is 0.226. The molecule has 1 saturated heterocycles. The zero-order valence-electron chi connectivity index (χ0n) is 27.1. The highest BCUT2D eigenvalue weighted by molar-refractivity contribution is 5.95. The minimum absolute atomic E-state index is 0.0437. The van der Waals surface area contributed by atoms with Gasteiger partial charge in [0.2, 0.25) is 5.78 Å². The predicted octanol–water partition coefficient (Wildman–Crippen LogP) is 4.78. The summed E-state index contributed by atoms with van der Waals surface area (Å²) in [6, 6.07) is 10.1. The smallest absolute Gasteiger partial charge is 0.202 e. The molecule has 0 aliphatic carbocycles. The Balaban J connectivity index is 1.33. The molecular weight excluding hydrogens is 554 g/mol. The molecule has 234 valence electrons. The Morgan fingerprint density at radius 3 is 2.52 bits per heavy atom. The number of pyridine rings is 1. The van der Waals surface area contributed by atoms with Crippen LogP contribution >= 0.6 is 0 Å². The average Bonchev–Trinajstić information content (AvgIpc) is 3.66. The second-order valence-corrected chi connectivity index (χ2v) is 13.1. The average molecular weight is 600 g/mol. The molecule has 0 atom stereocenters. The summed E-state index contributed by atoms with van der Waals surface area (Å²) in [6.45, 7) is 14.1. The third-order valence-electron chi connectivity index (χ3n) is 7.91. The van der Waals surface area contributed by atoms with Gasteiger partial charge in [-0.25, -0.2) is 4.68 Å². The van der Waals surface area contributed by atoms with Gasteiger partial charge in [0.15, 0.2) is 5.76 Å². The molecule has 4 heterocycles. The molecule has 1 aromatic carbocycles. The number of likely N-dealkylation sites (N-methyl/N-ethyl adjacent to an activating group) is 2. The summed E-state index contributed by atoms with van der Waals surface area (Å²) in [5.41, 5.74) is 6.35. The number of aryl methyl sites for hydroxylation is 1. The van der Waals surface area contributed by atoms with Crippen molar-refractivity contribution < 1.29 is 13.9 Å². The minimum Gasteiger partial charge on any atom is -0.457 e. The van der Waals surface area contributed by atoms with E-state index >= 15 is 0 Å². The van der Waals surface area contributed by atoms with Crippen LogP contribution in [0.5, 0.6) is 0 Å².